The van der Waals surface area contributed by atoms with Gasteiger partial charge in [0.25, 0.3) is 0 Å². The first-order chi connectivity index (χ1) is 9.45. The van der Waals surface area contributed by atoms with Gasteiger partial charge >= 0.3 is 0 Å². The second kappa shape index (κ2) is 8.68. The van der Waals surface area contributed by atoms with Gasteiger partial charge in [-0.3, -0.25) is 0 Å². The lowest BCUT2D eigenvalue weighted by Crippen LogP contribution is -2.29. The maximum absolute atomic E-state index is 5.94. The van der Waals surface area contributed by atoms with E-state index in [9.17, 15) is 0 Å². The Morgan fingerprint density at radius 3 is 2.05 bits per heavy atom. The first kappa shape index (κ1) is 17.5. The lowest BCUT2D eigenvalue weighted by atomic mass is 10.1. The molecule has 0 spiro atoms. The smallest absolute Gasteiger partial charge is 0.0423 e. The molecule has 0 aliphatic rings. The topological polar surface area (TPSA) is 29.3 Å². The van der Waals surface area contributed by atoms with Crippen molar-refractivity contribution in [3.8, 4) is 0 Å². The maximum atomic E-state index is 5.94. The van der Waals surface area contributed by atoms with Gasteiger partial charge in [0.05, 0.1) is 0 Å². The molecule has 0 saturated carbocycles. The molecular formula is C17H29BrN2. The van der Waals surface area contributed by atoms with Crippen LogP contribution in [-0.2, 0) is 6.54 Å². The van der Waals surface area contributed by atoms with Crippen molar-refractivity contribution in [1.82, 2.24) is 0 Å². The van der Waals surface area contributed by atoms with E-state index < -0.39 is 0 Å². The van der Waals surface area contributed by atoms with E-state index in [1.165, 1.54) is 24.1 Å². The molecule has 2 N–H and O–H groups in total. The predicted molar refractivity (Wildman–Crippen MR) is 93.2 cm³/mol. The van der Waals surface area contributed by atoms with Gasteiger partial charge in [0.1, 0.15) is 0 Å². The molecule has 0 aliphatic heterocycles. The van der Waals surface area contributed by atoms with Gasteiger partial charge < -0.3 is 10.6 Å². The van der Waals surface area contributed by atoms with E-state index >= 15 is 0 Å². The van der Waals surface area contributed by atoms with Crippen LogP contribution in [-0.4, -0.2) is 13.1 Å². The van der Waals surface area contributed by atoms with Gasteiger partial charge in [0, 0.05) is 35.4 Å². The number of rotatable bonds is 8. The Labute approximate surface area is 132 Å². The zero-order valence-corrected chi connectivity index (χ0v) is 14.9. The van der Waals surface area contributed by atoms with Crippen LogP contribution < -0.4 is 10.6 Å². The molecule has 0 aliphatic carbocycles. The average molecular weight is 341 g/mol. The molecule has 0 heterocycles. The molecule has 1 aromatic rings. The first-order valence-electron chi connectivity index (χ1n) is 7.68. The minimum atomic E-state index is 0.580. The highest BCUT2D eigenvalue weighted by Gasteiger charge is 2.13. The molecule has 0 unspecified atom stereocenters. The van der Waals surface area contributed by atoms with Crippen LogP contribution in [0.3, 0.4) is 0 Å². The Morgan fingerprint density at radius 2 is 1.60 bits per heavy atom. The van der Waals surface area contributed by atoms with Gasteiger partial charge in [0.15, 0.2) is 0 Å². The molecule has 1 aromatic carbocycles. The number of anilines is 1. The van der Waals surface area contributed by atoms with Crippen molar-refractivity contribution in [1.29, 1.82) is 0 Å². The van der Waals surface area contributed by atoms with Crippen LogP contribution in [0.1, 0.15) is 46.1 Å². The second-order valence-corrected chi connectivity index (χ2v) is 7.15. The largest absolute Gasteiger partial charge is 0.371 e. The molecule has 0 aromatic heterocycles. The fourth-order valence-electron chi connectivity index (χ4n) is 2.23. The summed E-state index contributed by atoms with van der Waals surface area (Å²) >= 11 is 3.63. The minimum Gasteiger partial charge on any atom is -0.371 e. The van der Waals surface area contributed by atoms with Crippen molar-refractivity contribution in [2.45, 2.75) is 47.1 Å². The zero-order chi connectivity index (χ0) is 15.1. The van der Waals surface area contributed by atoms with Crippen LogP contribution in [0.5, 0.6) is 0 Å². The molecule has 1 rings (SSSR count). The highest BCUT2D eigenvalue weighted by molar-refractivity contribution is 9.10. The summed E-state index contributed by atoms with van der Waals surface area (Å²) in [6, 6.07) is 6.39. The van der Waals surface area contributed by atoms with Crippen molar-refractivity contribution in [2.24, 2.45) is 17.6 Å². The Balaban J connectivity index is 2.93. The molecule has 3 heteroatoms. The van der Waals surface area contributed by atoms with Gasteiger partial charge in [-0.1, -0.05) is 49.7 Å². The van der Waals surface area contributed by atoms with Crippen LogP contribution in [0.25, 0.3) is 0 Å². The van der Waals surface area contributed by atoms with E-state index in [1.807, 2.05) is 0 Å². The van der Waals surface area contributed by atoms with E-state index in [-0.39, 0.29) is 0 Å². The summed E-state index contributed by atoms with van der Waals surface area (Å²) in [6.45, 7) is 11.9. The normalized spacial score (nSPS) is 11.4. The van der Waals surface area contributed by atoms with E-state index in [0.29, 0.717) is 6.54 Å². The summed E-state index contributed by atoms with van der Waals surface area (Å²) < 4.78 is 1.12. The summed E-state index contributed by atoms with van der Waals surface area (Å²) in [5, 5.41) is 0. The number of nitrogens with zero attached hydrogens (tertiary/aromatic N) is 1. The van der Waals surface area contributed by atoms with Crippen molar-refractivity contribution in [2.75, 3.05) is 18.0 Å². The van der Waals surface area contributed by atoms with Crippen molar-refractivity contribution in [3.63, 3.8) is 0 Å². The highest BCUT2D eigenvalue weighted by atomic mass is 79.9. The third-order valence-corrected chi connectivity index (χ3v) is 4.33. The molecule has 114 valence electrons. The summed E-state index contributed by atoms with van der Waals surface area (Å²) in [4.78, 5) is 2.51. The summed E-state index contributed by atoms with van der Waals surface area (Å²) in [5.74, 6) is 1.45. The molecule has 0 atom stereocenters. The molecule has 0 amide bonds. The summed E-state index contributed by atoms with van der Waals surface area (Å²) in [5.41, 5.74) is 8.46. The third kappa shape index (κ3) is 5.45. The molecule has 2 nitrogen and oxygen atoms in total. The lowest BCUT2D eigenvalue weighted by molar-refractivity contribution is 0.534. The molecule has 0 radical (unpaired) electrons. The van der Waals surface area contributed by atoms with Gasteiger partial charge in [-0.25, -0.2) is 0 Å². The van der Waals surface area contributed by atoms with Gasteiger partial charge in [0.2, 0.25) is 0 Å². The lowest BCUT2D eigenvalue weighted by Gasteiger charge is -2.29. The fraction of sp³-hybridized carbons (Fsp3) is 0.647. The quantitative estimate of drug-likeness (QED) is 0.735. The number of nitrogens with two attached hydrogens (primary N) is 1. The Kier molecular flexibility index (Phi) is 7.60. The standard InChI is InChI=1S/C17H29BrN2/c1-13(2)8-10-20(11-9-14(3)4)17-7-5-6-16(18)15(17)12-19/h5-7,13-14H,8-12,19H2,1-4H3. The van der Waals surface area contributed by atoms with Gasteiger partial charge in [-0.05, 0) is 36.8 Å². The molecule has 0 fully saturated rings. The van der Waals surface area contributed by atoms with Crippen LogP contribution >= 0.6 is 15.9 Å². The van der Waals surface area contributed by atoms with Crippen molar-refractivity contribution >= 4 is 21.6 Å². The van der Waals surface area contributed by atoms with Crippen LogP contribution in [0, 0.1) is 11.8 Å². The average Bonchev–Trinajstić information content (AvgIpc) is 2.38. The molecular weight excluding hydrogens is 312 g/mol. The van der Waals surface area contributed by atoms with Crippen LogP contribution in [0.2, 0.25) is 0 Å². The monoisotopic (exact) mass is 340 g/mol. The molecule has 0 saturated heterocycles. The predicted octanol–water partition coefficient (Wildman–Crippen LogP) is 4.81. The highest BCUT2D eigenvalue weighted by Crippen LogP contribution is 2.28. The van der Waals surface area contributed by atoms with Crippen LogP contribution in [0.15, 0.2) is 22.7 Å². The summed E-state index contributed by atoms with van der Waals surface area (Å²) in [7, 11) is 0. The number of hydrogen-bond acceptors (Lipinski definition) is 2. The van der Waals surface area contributed by atoms with Crippen molar-refractivity contribution < 1.29 is 0 Å². The number of hydrogen-bond donors (Lipinski definition) is 1. The Bertz CT molecular complexity index is 390. The second-order valence-electron chi connectivity index (χ2n) is 6.29. The Morgan fingerprint density at radius 1 is 1.05 bits per heavy atom. The number of halogens is 1. The fourth-order valence-corrected chi connectivity index (χ4v) is 2.74. The van der Waals surface area contributed by atoms with Crippen LogP contribution in [0.4, 0.5) is 5.69 Å². The SMILES string of the molecule is CC(C)CCN(CCC(C)C)c1cccc(Br)c1CN. The third-order valence-electron chi connectivity index (χ3n) is 3.59. The van der Waals surface area contributed by atoms with Crippen molar-refractivity contribution in [3.05, 3.63) is 28.2 Å². The van der Waals surface area contributed by atoms with E-state index in [2.05, 4.69) is 66.7 Å². The zero-order valence-electron chi connectivity index (χ0n) is 13.3. The first-order valence-corrected chi connectivity index (χ1v) is 8.47. The van der Waals surface area contributed by atoms with E-state index in [1.54, 1.807) is 0 Å². The molecule has 0 bridgehead atoms. The van der Waals surface area contributed by atoms with E-state index in [0.717, 1.165) is 29.4 Å². The van der Waals surface area contributed by atoms with Gasteiger partial charge in [-0.15, -0.1) is 0 Å². The summed E-state index contributed by atoms with van der Waals surface area (Å²) in [6.07, 6.45) is 2.43. The van der Waals surface area contributed by atoms with Gasteiger partial charge in [-0.2, -0.15) is 0 Å². The molecule has 20 heavy (non-hydrogen) atoms. The maximum Gasteiger partial charge on any atom is 0.0423 e. The van der Waals surface area contributed by atoms with E-state index in [4.69, 9.17) is 5.73 Å². The Hall–Kier alpha value is -0.540. The minimum absolute atomic E-state index is 0.580. The number of benzene rings is 1.